The topological polar surface area (TPSA) is 0 Å². The van der Waals surface area contributed by atoms with Crippen LogP contribution in [-0.2, 0) is 77.3 Å². The summed E-state index contributed by atoms with van der Waals surface area (Å²) in [4.78, 5) is 0. The second-order valence-electron chi connectivity index (χ2n) is 21.4. The van der Waals surface area contributed by atoms with Crippen molar-refractivity contribution in [3.05, 3.63) is 188 Å². The van der Waals surface area contributed by atoms with E-state index < -0.39 is 0 Å². The van der Waals surface area contributed by atoms with Gasteiger partial charge in [-0.15, -0.1) is 11.6 Å². The van der Waals surface area contributed by atoms with Crippen LogP contribution in [0.15, 0.2) is 121 Å². The predicted octanol–water partition coefficient (Wildman–Crippen LogP) is 16.1. The van der Waals surface area contributed by atoms with Crippen LogP contribution in [0.1, 0.15) is 157 Å². The number of fused-ring (bicyclic) bond motifs is 6. The van der Waals surface area contributed by atoms with Crippen molar-refractivity contribution in [2.24, 2.45) is 0 Å². The van der Waals surface area contributed by atoms with E-state index in [0.29, 0.717) is 0 Å². The standard InChI is InChI=1S/2C28H31.C2H5Cl.2Zr/c2*1-18-10-8-9-11-21(18)26-24-16-19(27(2,3)4)12-14-22(24)23-15-13-20(17-25(23)26)28(5,6)7;1-2-3;;/h2*8-17H,1-7H3;2H2,1H3;;. The van der Waals surface area contributed by atoms with Crippen molar-refractivity contribution in [1.82, 2.24) is 0 Å². The van der Waals surface area contributed by atoms with E-state index in [0.717, 1.165) is 5.88 Å². The first-order valence-electron chi connectivity index (χ1n) is 22.1. The Morgan fingerprint density at radius 2 is 0.590 bits per heavy atom. The molecule has 61 heavy (non-hydrogen) atoms. The van der Waals surface area contributed by atoms with Gasteiger partial charge >= 0.3 is 385 Å². The van der Waals surface area contributed by atoms with Crippen LogP contribution < -0.4 is 0 Å². The number of rotatable bonds is 2. The Morgan fingerprint density at radius 3 is 0.787 bits per heavy atom. The van der Waals surface area contributed by atoms with Gasteiger partial charge in [-0.3, -0.25) is 0 Å². The fourth-order valence-corrected chi connectivity index (χ4v) is 12.5. The van der Waals surface area contributed by atoms with Gasteiger partial charge in [-0.2, -0.15) is 0 Å². The molecule has 0 fully saturated rings. The number of hydrogen-bond acceptors (Lipinski definition) is 0. The molecule has 3 heteroatoms. The van der Waals surface area contributed by atoms with Crippen LogP contribution in [0.25, 0.3) is 22.3 Å². The van der Waals surface area contributed by atoms with Crippen molar-refractivity contribution in [2.75, 3.05) is 5.88 Å². The van der Waals surface area contributed by atoms with Crippen molar-refractivity contribution in [1.29, 1.82) is 0 Å². The third-order valence-corrected chi connectivity index (χ3v) is 16.8. The molecule has 0 radical (unpaired) electrons. The summed E-state index contributed by atoms with van der Waals surface area (Å²) < 4.78 is -0.101. The molecule has 0 unspecified atom stereocenters. The first-order chi connectivity index (χ1) is 28.3. The Morgan fingerprint density at radius 1 is 0.377 bits per heavy atom. The normalized spacial score (nSPS) is 14.7. The molecule has 0 saturated heterocycles. The molecule has 0 N–H and O–H groups in total. The Balaban J connectivity index is 0.000000192. The minimum absolute atomic E-state index is 0.0503. The third kappa shape index (κ3) is 9.06. The molecule has 0 aliphatic heterocycles. The first kappa shape index (κ1) is 47.8. The average molecular weight is 982 g/mol. The molecule has 0 aromatic heterocycles. The molecule has 6 aromatic rings. The Hall–Kier alpha value is -2.62. The minimum atomic E-state index is -0.0503. The molecule has 0 saturated carbocycles. The van der Waals surface area contributed by atoms with E-state index in [4.69, 9.17) is 11.6 Å². The van der Waals surface area contributed by atoms with E-state index in [1.807, 2.05) is 6.92 Å². The SMILES string of the molecule is CCCl.Cc1ccccc1[C]1([Zr])c2cc(C(C)(C)C)ccc2-c2ccc(C(C)(C)C)cc21.Cc1ccccc1[C]1([Zr])c2cc(C(C)(C)C)ccc2-c2ccc(C(C)(C)C)cc21. The molecular formula is C58H67ClZr2. The molecule has 0 bridgehead atoms. The Labute approximate surface area is 405 Å². The fourth-order valence-electron chi connectivity index (χ4n) is 9.08. The van der Waals surface area contributed by atoms with E-state index in [-0.39, 0.29) is 27.9 Å². The summed E-state index contributed by atoms with van der Waals surface area (Å²) in [5.74, 6) is 0.722. The van der Waals surface area contributed by atoms with Crippen molar-refractivity contribution in [3.8, 4) is 22.3 Å². The van der Waals surface area contributed by atoms with Crippen LogP contribution in [0.4, 0.5) is 0 Å². The maximum absolute atomic E-state index is 5.00. The summed E-state index contributed by atoms with van der Waals surface area (Å²) in [6, 6.07) is 46.7. The van der Waals surface area contributed by atoms with Gasteiger partial charge in [-0.1, -0.05) is 6.92 Å². The van der Waals surface area contributed by atoms with Gasteiger partial charge < -0.3 is 0 Å². The summed E-state index contributed by atoms with van der Waals surface area (Å²) in [7, 11) is 0. The summed E-state index contributed by atoms with van der Waals surface area (Å²) >= 11 is 8.06. The number of hydrogen-bond donors (Lipinski definition) is 0. The second kappa shape index (κ2) is 17.4. The first-order valence-corrected chi connectivity index (χ1v) is 25.1. The summed E-state index contributed by atoms with van der Waals surface area (Å²) in [5, 5.41) is 0. The van der Waals surface area contributed by atoms with Crippen LogP contribution >= 0.6 is 11.6 Å². The zero-order valence-electron chi connectivity index (χ0n) is 39.6. The van der Waals surface area contributed by atoms with Gasteiger partial charge in [0.25, 0.3) is 0 Å². The van der Waals surface area contributed by atoms with E-state index in [1.165, 1.54) is 138 Å². The average Bonchev–Trinajstić information content (AvgIpc) is 3.59. The van der Waals surface area contributed by atoms with Gasteiger partial charge in [0.05, 0.1) is 0 Å². The van der Waals surface area contributed by atoms with E-state index in [2.05, 4.69) is 218 Å². The van der Waals surface area contributed by atoms with Crippen molar-refractivity contribution >= 4 is 11.6 Å². The Kier molecular flexibility index (Phi) is 13.6. The van der Waals surface area contributed by atoms with Crippen molar-refractivity contribution in [3.63, 3.8) is 0 Å². The molecule has 0 atom stereocenters. The number of benzene rings is 6. The molecule has 0 spiro atoms. The van der Waals surface area contributed by atoms with Crippen molar-refractivity contribution < 1.29 is 49.4 Å². The van der Waals surface area contributed by atoms with E-state index in [9.17, 15) is 0 Å². The second-order valence-corrected chi connectivity index (χ2v) is 25.7. The molecule has 0 heterocycles. The van der Waals surface area contributed by atoms with Crippen LogP contribution in [0.5, 0.6) is 0 Å². The fraction of sp³-hybridized carbons (Fsp3) is 0.379. The van der Waals surface area contributed by atoms with Gasteiger partial charge in [0.1, 0.15) is 0 Å². The summed E-state index contributed by atoms with van der Waals surface area (Å²) in [6.07, 6.45) is 0. The molecule has 0 amide bonds. The summed E-state index contributed by atoms with van der Waals surface area (Å²) in [6.45, 7) is 34.2. The van der Waals surface area contributed by atoms with Crippen LogP contribution in [-0.4, -0.2) is 5.88 Å². The van der Waals surface area contributed by atoms with Crippen molar-refractivity contribution in [2.45, 2.75) is 132 Å². The third-order valence-electron chi connectivity index (χ3n) is 12.8. The van der Waals surface area contributed by atoms with Gasteiger partial charge in [-0.25, -0.2) is 0 Å². The van der Waals surface area contributed by atoms with Gasteiger partial charge in [0.15, 0.2) is 0 Å². The Bertz CT molecular complexity index is 2260. The monoisotopic (exact) mass is 978 g/mol. The number of halogens is 1. The van der Waals surface area contributed by atoms with Crippen LogP contribution in [0, 0.1) is 13.8 Å². The maximum atomic E-state index is 5.00. The molecule has 8 rings (SSSR count). The van der Waals surface area contributed by atoms with E-state index >= 15 is 0 Å². The number of alkyl halides is 1. The molecule has 2 aliphatic carbocycles. The molecule has 314 valence electrons. The van der Waals surface area contributed by atoms with Gasteiger partial charge in [0.2, 0.25) is 0 Å². The predicted molar refractivity (Wildman–Crippen MR) is 257 cm³/mol. The van der Waals surface area contributed by atoms with Gasteiger partial charge in [-0.05, 0) is 0 Å². The quantitative estimate of drug-likeness (QED) is 0.152. The molecule has 0 nitrogen and oxygen atoms in total. The van der Waals surface area contributed by atoms with Crippen LogP contribution in [0.2, 0.25) is 0 Å². The molecule has 6 aromatic carbocycles. The zero-order valence-corrected chi connectivity index (χ0v) is 45.3. The number of aryl methyl sites for hydroxylation is 2. The summed E-state index contributed by atoms with van der Waals surface area (Å²) in [5.41, 5.74) is 23.5. The van der Waals surface area contributed by atoms with E-state index in [1.54, 1.807) is 0 Å². The molecular weight excluding hydrogens is 915 g/mol. The van der Waals surface area contributed by atoms with Crippen LogP contribution in [0.3, 0.4) is 0 Å². The van der Waals surface area contributed by atoms with Gasteiger partial charge in [0, 0.05) is 5.88 Å². The molecule has 2 aliphatic rings. The zero-order chi connectivity index (χ0) is 45.1.